The average Bonchev–Trinajstić information content (AvgIpc) is 3.36. The highest BCUT2D eigenvalue weighted by atomic mass is 16.6. The van der Waals surface area contributed by atoms with Crippen molar-refractivity contribution in [2.24, 2.45) is 0 Å². The van der Waals surface area contributed by atoms with Gasteiger partial charge in [0.25, 0.3) is 0 Å². The molecular formula is C26H38N6O7. The van der Waals surface area contributed by atoms with E-state index in [1.54, 1.807) is 53.7 Å². The lowest BCUT2D eigenvalue weighted by molar-refractivity contribution is -0.158. The molecule has 0 unspecified atom stereocenters. The van der Waals surface area contributed by atoms with Gasteiger partial charge in [-0.1, -0.05) is 35.5 Å². The van der Waals surface area contributed by atoms with Gasteiger partial charge in [-0.2, -0.15) is 5.21 Å². The van der Waals surface area contributed by atoms with Crippen LogP contribution in [0.15, 0.2) is 30.3 Å². The number of nitrogens with one attached hydrogen (secondary N) is 3. The molecule has 1 aromatic heterocycles. The number of aromatic amines is 1. The zero-order chi connectivity index (χ0) is 29.1. The van der Waals surface area contributed by atoms with Crippen molar-refractivity contribution in [3.63, 3.8) is 0 Å². The minimum Gasteiger partial charge on any atom is -0.460 e. The number of carbonyl (C=O) groups excluding carboxylic acids is 4. The predicted molar refractivity (Wildman–Crippen MR) is 139 cm³/mol. The lowest BCUT2D eigenvalue weighted by Gasteiger charge is -2.24. The summed E-state index contributed by atoms with van der Waals surface area (Å²) in [6, 6.07) is 7.20. The second-order valence-corrected chi connectivity index (χ2v) is 10.8. The molecule has 0 aliphatic heterocycles. The first-order chi connectivity index (χ1) is 18.2. The first-order valence-corrected chi connectivity index (χ1v) is 12.7. The fourth-order valence-electron chi connectivity index (χ4n) is 3.31. The number of alkyl carbamates (subject to hydrolysis) is 1. The van der Waals surface area contributed by atoms with Crippen LogP contribution in [-0.4, -0.2) is 61.8 Å². The molecule has 0 saturated carbocycles. The first-order valence-electron chi connectivity index (χ1n) is 12.7. The topological polar surface area (TPSA) is 174 Å². The number of nitrogens with zero attached hydrogens (tertiary/aromatic N) is 3. The number of hydrogen-bond acceptors (Lipinski definition) is 10. The molecule has 0 radical (unpaired) electrons. The lowest BCUT2D eigenvalue weighted by atomic mass is 10.1. The SMILES string of the molecule is CC(C)(C)OC(=O)CC[C@@H](NC(=O)CC[C@H](NC(=O)OCc1ccccc1)C(=O)OC(C)(C)C)c1nn[nH]n1. The molecule has 3 N–H and O–H groups in total. The Morgan fingerprint density at radius 1 is 0.897 bits per heavy atom. The minimum atomic E-state index is -1.14. The van der Waals surface area contributed by atoms with Gasteiger partial charge in [0.1, 0.15) is 23.9 Å². The van der Waals surface area contributed by atoms with Gasteiger partial charge in [-0.05, 0) is 59.9 Å². The monoisotopic (exact) mass is 546 g/mol. The van der Waals surface area contributed by atoms with Crippen LogP contribution < -0.4 is 10.6 Å². The Labute approximate surface area is 227 Å². The smallest absolute Gasteiger partial charge is 0.408 e. The van der Waals surface area contributed by atoms with Gasteiger partial charge in [0, 0.05) is 12.8 Å². The van der Waals surface area contributed by atoms with Crippen molar-refractivity contribution in [3.05, 3.63) is 41.7 Å². The summed E-state index contributed by atoms with van der Waals surface area (Å²) in [5.41, 5.74) is -0.674. The fourth-order valence-corrected chi connectivity index (χ4v) is 3.31. The summed E-state index contributed by atoms with van der Waals surface area (Å²) in [6.45, 7) is 10.4. The van der Waals surface area contributed by atoms with Crippen molar-refractivity contribution < 1.29 is 33.4 Å². The highest BCUT2D eigenvalue weighted by molar-refractivity contribution is 5.83. The highest BCUT2D eigenvalue weighted by Crippen LogP contribution is 2.17. The molecule has 0 aliphatic carbocycles. The summed E-state index contributed by atoms with van der Waals surface area (Å²) in [6.07, 6.45) is -0.862. The van der Waals surface area contributed by atoms with Gasteiger partial charge < -0.3 is 24.8 Å². The van der Waals surface area contributed by atoms with Gasteiger partial charge in [0.15, 0.2) is 5.82 Å². The number of H-pyrrole nitrogens is 1. The molecule has 2 atom stereocenters. The summed E-state index contributed by atoms with van der Waals surface area (Å²) >= 11 is 0. The van der Waals surface area contributed by atoms with E-state index in [-0.39, 0.29) is 38.1 Å². The van der Waals surface area contributed by atoms with Gasteiger partial charge in [-0.15, -0.1) is 10.2 Å². The van der Waals surface area contributed by atoms with Crippen LogP contribution in [0.25, 0.3) is 0 Å². The number of amides is 2. The molecule has 0 fully saturated rings. The quantitative estimate of drug-likeness (QED) is 0.265. The molecule has 39 heavy (non-hydrogen) atoms. The van der Waals surface area contributed by atoms with Crippen LogP contribution in [0.5, 0.6) is 0 Å². The summed E-state index contributed by atoms with van der Waals surface area (Å²) in [4.78, 5) is 50.2. The molecule has 214 valence electrons. The van der Waals surface area contributed by atoms with Gasteiger partial charge >= 0.3 is 18.0 Å². The van der Waals surface area contributed by atoms with E-state index in [0.717, 1.165) is 5.56 Å². The first kappa shape index (κ1) is 31.2. The average molecular weight is 547 g/mol. The molecule has 2 rings (SSSR count). The summed E-state index contributed by atoms with van der Waals surface area (Å²) in [5.74, 6) is -1.40. The molecule has 0 bridgehead atoms. The van der Waals surface area contributed by atoms with Gasteiger partial charge in [0.05, 0.1) is 6.04 Å². The maximum Gasteiger partial charge on any atom is 0.408 e. The zero-order valence-corrected chi connectivity index (χ0v) is 23.3. The Bertz CT molecular complexity index is 1080. The summed E-state index contributed by atoms with van der Waals surface area (Å²) in [7, 11) is 0. The van der Waals surface area contributed by atoms with Gasteiger partial charge in [-0.3, -0.25) is 9.59 Å². The van der Waals surface area contributed by atoms with E-state index in [9.17, 15) is 19.2 Å². The Kier molecular flexibility index (Phi) is 11.4. The third kappa shape index (κ3) is 12.9. The number of ether oxygens (including phenoxy) is 3. The maximum atomic E-state index is 12.8. The van der Waals surface area contributed by atoms with E-state index in [2.05, 4.69) is 31.3 Å². The van der Waals surface area contributed by atoms with E-state index >= 15 is 0 Å². The molecule has 2 amide bonds. The molecule has 0 aliphatic rings. The van der Waals surface area contributed by atoms with Crippen molar-refractivity contribution in [1.29, 1.82) is 0 Å². The van der Waals surface area contributed by atoms with E-state index < -0.39 is 47.2 Å². The maximum absolute atomic E-state index is 12.8. The number of tetrazole rings is 1. The molecule has 0 spiro atoms. The van der Waals surface area contributed by atoms with Crippen LogP contribution >= 0.6 is 0 Å². The highest BCUT2D eigenvalue weighted by Gasteiger charge is 2.29. The van der Waals surface area contributed by atoms with Crippen LogP contribution in [0.2, 0.25) is 0 Å². The zero-order valence-electron chi connectivity index (χ0n) is 23.3. The van der Waals surface area contributed by atoms with E-state index in [1.165, 1.54) is 0 Å². The van der Waals surface area contributed by atoms with Crippen molar-refractivity contribution in [3.8, 4) is 0 Å². The Hall–Kier alpha value is -4.03. The fraction of sp³-hybridized carbons (Fsp3) is 0.577. The third-order valence-electron chi connectivity index (χ3n) is 4.92. The molecule has 1 heterocycles. The van der Waals surface area contributed by atoms with Crippen LogP contribution in [-0.2, 0) is 35.2 Å². The van der Waals surface area contributed by atoms with Crippen LogP contribution in [0, 0.1) is 0 Å². The Morgan fingerprint density at radius 2 is 1.56 bits per heavy atom. The van der Waals surface area contributed by atoms with Crippen molar-refractivity contribution in [2.75, 3.05) is 0 Å². The van der Waals surface area contributed by atoms with E-state index in [4.69, 9.17) is 14.2 Å². The molecule has 0 saturated heterocycles. The molecular weight excluding hydrogens is 508 g/mol. The third-order valence-corrected chi connectivity index (χ3v) is 4.92. The van der Waals surface area contributed by atoms with Crippen LogP contribution in [0.1, 0.15) is 84.7 Å². The predicted octanol–water partition coefficient (Wildman–Crippen LogP) is 2.90. The molecule has 13 heteroatoms. The van der Waals surface area contributed by atoms with Crippen LogP contribution in [0.3, 0.4) is 0 Å². The Balaban J connectivity index is 1.99. The normalized spacial score (nSPS) is 13.1. The van der Waals surface area contributed by atoms with Gasteiger partial charge in [-0.25, -0.2) is 9.59 Å². The number of esters is 2. The van der Waals surface area contributed by atoms with Crippen LogP contribution in [0.4, 0.5) is 4.79 Å². The minimum absolute atomic E-state index is 0.00605. The van der Waals surface area contributed by atoms with E-state index in [1.807, 2.05) is 18.2 Å². The largest absolute Gasteiger partial charge is 0.460 e. The van der Waals surface area contributed by atoms with Crippen molar-refractivity contribution in [1.82, 2.24) is 31.3 Å². The van der Waals surface area contributed by atoms with Crippen molar-refractivity contribution >= 4 is 23.9 Å². The Morgan fingerprint density at radius 3 is 2.15 bits per heavy atom. The number of rotatable bonds is 12. The summed E-state index contributed by atoms with van der Waals surface area (Å²) in [5, 5.41) is 18.9. The number of hydrogen-bond donors (Lipinski definition) is 3. The van der Waals surface area contributed by atoms with E-state index in [0.29, 0.717) is 0 Å². The second-order valence-electron chi connectivity index (χ2n) is 10.8. The number of carbonyl (C=O) groups is 4. The molecule has 2 aromatic rings. The number of aromatic nitrogens is 4. The standard InChI is InChI=1S/C26H38N6O7/c1-25(2,3)38-21(34)15-13-18(22-29-31-32-30-22)27-20(33)14-12-19(23(35)39-26(4,5)6)28-24(36)37-16-17-10-8-7-9-11-17/h7-11,18-19H,12-16H2,1-6H3,(H,27,33)(H,28,36)(H,29,30,31,32)/t18-,19+/m1/s1. The lowest BCUT2D eigenvalue weighted by Crippen LogP contribution is -2.45. The molecule has 1 aromatic carbocycles. The second kappa shape index (κ2) is 14.2. The van der Waals surface area contributed by atoms with Crippen molar-refractivity contribution in [2.45, 2.75) is 97.1 Å². The summed E-state index contributed by atoms with van der Waals surface area (Å²) < 4.78 is 16.0. The van der Waals surface area contributed by atoms with Gasteiger partial charge in [0.2, 0.25) is 5.91 Å². The number of benzene rings is 1. The molecule has 13 nitrogen and oxygen atoms in total.